The monoisotopic (exact) mass is 300 g/mol. The van der Waals surface area contributed by atoms with Crippen LogP contribution in [0.4, 0.5) is 0 Å². The zero-order valence-electron chi connectivity index (χ0n) is 13.2. The van der Waals surface area contributed by atoms with Crippen LogP contribution in [-0.4, -0.2) is 0 Å². The van der Waals surface area contributed by atoms with Gasteiger partial charge in [-0.05, 0) is 37.3 Å². The van der Waals surface area contributed by atoms with E-state index in [1.807, 2.05) is 6.07 Å². The highest BCUT2D eigenvalue weighted by Crippen LogP contribution is 2.37. The standard InChI is InChI=1S/C22H20O/c1-3-9-17(10-4-1)15-16-21-19-13-7-8-14-20(19)22(23-21)18-11-5-2-6-12-18/h1-6,9-12,15-16H,7-8,13-14H2/b16-15+. The highest BCUT2D eigenvalue weighted by molar-refractivity contribution is 5.73. The van der Waals surface area contributed by atoms with E-state index in [9.17, 15) is 0 Å². The average Bonchev–Trinajstić information content (AvgIpc) is 3.01. The first-order valence-electron chi connectivity index (χ1n) is 8.35. The van der Waals surface area contributed by atoms with Crippen molar-refractivity contribution in [2.75, 3.05) is 0 Å². The predicted octanol–water partition coefficient (Wildman–Crippen LogP) is 6.00. The van der Waals surface area contributed by atoms with Gasteiger partial charge >= 0.3 is 0 Å². The summed E-state index contributed by atoms with van der Waals surface area (Å²) in [6.45, 7) is 0. The molecule has 23 heavy (non-hydrogen) atoms. The second-order valence-electron chi connectivity index (χ2n) is 6.07. The lowest BCUT2D eigenvalue weighted by Gasteiger charge is -2.11. The van der Waals surface area contributed by atoms with Crippen molar-refractivity contribution in [1.82, 2.24) is 0 Å². The summed E-state index contributed by atoms with van der Waals surface area (Å²) in [5, 5.41) is 0. The Labute approximate surface area is 137 Å². The molecule has 1 aliphatic carbocycles. The van der Waals surface area contributed by atoms with E-state index in [1.54, 1.807) is 0 Å². The fourth-order valence-corrected chi connectivity index (χ4v) is 3.35. The number of furan rings is 1. The van der Waals surface area contributed by atoms with Gasteiger partial charge < -0.3 is 4.42 Å². The molecule has 2 aromatic carbocycles. The number of fused-ring (bicyclic) bond motifs is 1. The summed E-state index contributed by atoms with van der Waals surface area (Å²) in [5.74, 6) is 2.09. The molecule has 0 fully saturated rings. The maximum Gasteiger partial charge on any atom is 0.138 e. The van der Waals surface area contributed by atoms with E-state index in [4.69, 9.17) is 4.42 Å². The fraction of sp³-hybridized carbons (Fsp3) is 0.182. The Morgan fingerprint density at radius 2 is 1.35 bits per heavy atom. The van der Waals surface area contributed by atoms with Gasteiger partial charge in [-0.3, -0.25) is 0 Å². The lowest BCUT2D eigenvalue weighted by molar-refractivity contribution is 0.567. The van der Waals surface area contributed by atoms with Crippen LogP contribution in [0.2, 0.25) is 0 Å². The Balaban J connectivity index is 1.76. The zero-order chi connectivity index (χ0) is 15.5. The third kappa shape index (κ3) is 2.87. The van der Waals surface area contributed by atoms with Crippen LogP contribution in [0, 0.1) is 0 Å². The molecule has 0 atom stereocenters. The number of hydrogen-bond acceptors (Lipinski definition) is 1. The predicted molar refractivity (Wildman–Crippen MR) is 96.2 cm³/mol. The van der Waals surface area contributed by atoms with Crippen LogP contribution < -0.4 is 0 Å². The smallest absolute Gasteiger partial charge is 0.138 e. The van der Waals surface area contributed by atoms with E-state index >= 15 is 0 Å². The second kappa shape index (κ2) is 6.29. The molecule has 0 bridgehead atoms. The first-order chi connectivity index (χ1) is 11.4. The molecular formula is C22H20O. The Morgan fingerprint density at radius 1 is 0.696 bits per heavy atom. The van der Waals surface area contributed by atoms with Crippen molar-refractivity contribution in [3.05, 3.63) is 83.1 Å². The molecule has 0 unspecified atom stereocenters. The molecule has 0 radical (unpaired) electrons. The van der Waals surface area contributed by atoms with Crippen LogP contribution in [-0.2, 0) is 12.8 Å². The van der Waals surface area contributed by atoms with E-state index in [-0.39, 0.29) is 0 Å². The maximum absolute atomic E-state index is 6.29. The molecule has 4 rings (SSSR count). The molecule has 1 heterocycles. The van der Waals surface area contributed by atoms with Gasteiger partial charge in [-0.25, -0.2) is 0 Å². The van der Waals surface area contributed by atoms with Crippen LogP contribution >= 0.6 is 0 Å². The van der Waals surface area contributed by atoms with Crippen molar-refractivity contribution in [3.8, 4) is 11.3 Å². The molecule has 1 heteroatoms. The number of rotatable bonds is 3. The van der Waals surface area contributed by atoms with Crippen LogP contribution in [0.1, 0.15) is 35.3 Å². The van der Waals surface area contributed by atoms with Crippen molar-refractivity contribution >= 4 is 12.2 Å². The molecule has 3 aromatic rings. The second-order valence-corrected chi connectivity index (χ2v) is 6.07. The Kier molecular flexibility index (Phi) is 3.85. The highest BCUT2D eigenvalue weighted by atomic mass is 16.3. The quantitative estimate of drug-likeness (QED) is 0.578. The Hall–Kier alpha value is -2.54. The minimum absolute atomic E-state index is 1.03. The molecular weight excluding hydrogens is 280 g/mol. The van der Waals surface area contributed by atoms with Gasteiger partial charge in [0.1, 0.15) is 11.5 Å². The van der Waals surface area contributed by atoms with Gasteiger partial charge in [0, 0.05) is 16.7 Å². The topological polar surface area (TPSA) is 13.1 Å². The number of benzene rings is 2. The normalized spacial score (nSPS) is 14.1. The van der Waals surface area contributed by atoms with Gasteiger partial charge in [-0.2, -0.15) is 0 Å². The number of hydrogen-bond donors (Lipinski definition) is 0. The van der Waals surface area contributed by atoms with E-state index in [0.717, 1.165) is 24.4 Å². The van der Waals surface area contributed by atoms with Crippen LogP contribution in [0.25, 0.3) is 23.5 Å². The molecule has 1 aliphatic rings. The minimum Gasteiger partial charge on any atom is -0.456 e. The summed E-state index contributed by atoms with van der Waals surface area (Å²) in [5.41, 5.74) is 5.21. The first kappa shape index (κ1) is 14.1. The van der Waals surface area contributed by atoms with Crippen molar-refractivity contribution in [2.45, 2.75) is 25.7 Å². The van der Waals surface area contributed by atoms with Gasteiger partial charge in [0.25, 0.3) is 0 Å². The van der Waals surface area contributed by atoms with Gasteiger partial charge in [-0.1, -0.05) is 66.7 Å². The van der Waals surface area contributed by atoms with E-state index < -0.39 is 0 Å². The van der Waals surface area contributed by atoms with Crippen molar-refractivity contribution < 1.29 is 4.42 Å². The maximum atomic E-state index is 6.29. The van der Waals surface area contributed by atoms with Crippen molar-refractivity contribution in [3.63, 3.8) is 0 Å². The van der Waals surface area contributed by atoms with Crippen molar-refractivity contribution in [1.29, 1.82) is 0 Å². The summed E-state index contributed by atoms with van der Waals surface area (Å²) in [6, 6.07) is 20.9. The molecule has 1 nitrogen and oxygen atoms in total. The largest absolute Gasteiger partial charge is 0.456 e. The van der Waals surface area contributed by atoms with E-state index in [0.29, 0.717) is 0 Å². The van der Waals surface area contributed by atoms with E-state index in [1.165, 1.54) is 35.1 Å². The summed E-state index contributed by atoms with van der Waals surface area (Å²) in [4.78, 5) is 0. The molecule has 0 spiro atoms. The third-order valence-corrected chi connectivity index (χ3v) is 4.51. The van der Waals surface area contributed by atoms with Crippen LogP contribution in [0.3, 0.4) is 0 Å². The minimum atomic E-state index is 1.03. The van der Waals surface area contributed by atoms with Crippen molar-refractivity contribution in [2.24, 2.45) is 0 Å². The highest BCUT2D eigenvalue weighted by Gasteiger charge is 2.22. The molecule has 0 saturated heterocycles. The molecule has 114 valence electrons. The van der Waals surface area contributed by atoms with Gasteiger partial charge in [0.2, 0.25) is 0 Å². The van der Waals surface area contributed by atoms with Crippen LogP contribution in [0.15, 0.2) is 65.1 Å². The van der Waals surface area contributed by atoms with Gasteiger partial charge in [0.05, 0.1) is 0 Å². The van der Waals surface area contributed by atoms with Gasteiger partial charge in [0.15, 0.2) is 0 Å². The zero-order valence-corrected chi connectivity index (χ0v) is 13.2. The lowest BCUT2D eigenvalue weighted by Crippen LogP contribution is -2.01. The third-order valence-electron chi connectivity index (χ3n) is 4.51. The fourth-order valence-electron chi connectivity index (χ4n) is 3.35. The Bertz CT molecular complexity index is 810. The molecule has 0 amide bonds. The molecule has 1 aromatic heterocycles. The summed E-state index contributed by atoms with van der Waals surface area (Å²) < 4.78 is 6.29. The summed E-state index contributed by atoms with van der Waals surface area (Å²) in [6.07, 6.45) is 9.04. The summed E-state index contributed by atoms with van der Waals surface area (Å²) in [7, 11) is 0. The first-order valence-corrected chi connectivity index (χ1v) is 8.35. The van der Waals surface area contributed by atoms with Crippen LogP contribution in [0.5, 0.6) is 0 Å². The summed E-state index contributed by atoms with van der Waals surface area (Å²) >= 11 is 0. The molecule has 0 N–H and O–H groups in total. The average molecular weight is 300 g/mol. The Morgan fingerprint density at radius 3 is 2.09 bits per heavy atom. The molecule has 0 aliphatic heterocycles. The molecule has 0 saturated carbocycles. The van der Waals surface area contributed by atoms with E-state index in [2.05, 4.69) is 66.7 Å². The van der Waals surface area contributed by atoms with Gasteiger partial charge in [-0.15, -0.1) is 0 Å². The lowest BCUT2D eigenvalue weighted by atomic mass is 9.90. The SMILES string of the molecule is C(=C\c1oc(-c2ccccc2)c2c1CCCC2)/c1ccccc1.